The van der Waals surface area contributed by atoms with Crippen molar-refractivity contribution in [3.05, 3.63) is 35.4 Å². The van der Waals surface area contributed by atoms with Gasteiger partial charge >= 0.3 is 11.9 Å². The number of carboxylic acids is 2. The number of aryl methyl sites for hydroxylation is 1. The molecule has 0 saturated carbocycles. The van der Waals surface area contributed by atoms with Crippen molar-refractivity contribution >= 4 is 17.7 Å². The smallest absolute Gasteiger partial charge is 0.347 e. The number of hydrogen-bond acceptors (Lipinski definition) is 5. The summed E-state index contributed by atoms with van der Waals surface area (Å²) in [6.07, 6.45) is -2.77. The first-order chi connectivity index (χ1) is 8.71. The number of rotatable bonds is 5. The van der Waals surface area contributed by atoms with E-state index in [0.717, 1.165) is 0 Å². The maximum absolute atomic E-state index is 12.0. The molecule has 0 aliphatic carbocycles. The molecule has 1 aromatic rings. The molecule has 0 aromatic heterocycles. The Labute approximate surface area is 107 Å². The number of ketones is 1. The Hall–Kier alpha value is -2.25. The first-order valence-corrected chi connectivity index (χ1v) is 5.19. The van der Waals surface area contributed by atoms with E-state index in [9.17, 15) is 24.6 Å². The Kier molecular flexibility index (Phi) is 4.03. The summed E-state index contributed by atoms with van der Waals surface area (Å²) in [6.45, 7) is 1.63. The van der Waals surface area contributed by atoms with Crippen LogP contribution in [0.1, 0.15) is 15.9 Å². The fourth-order valence-electron chi connectivity index (χ4n) is 1.52. The van der Waals surface area contributed by atoms with Crippen LogP contribution in [0.15, 0.2) is 24.3 Å². The van der Waals surface area contributed by atoms with Crippen molar-refractivity contribution in [2.45, 2.75) is 18.6 Å². The molecule has 7 nitrogen and oxygen atoms in total. The molecule has 0 spiro atoms. The molecule has 19 heavy (non-hydrogen) atoms. The summed E-state index contributed by atoms with van der Waals surface area (Å²) in [4.78, 5) is 33.6. The lowest BCUT2D eigenvalue weighted by molar-refractivity contribution is -0.175. The molecule has 0 saturated heterocycles. The van der Waals surface area contributed by atoms with Crippen LogP contribution in [0.5, 0.6) is 0 Å². The van der Waals surface area contributed by atoms with Crippen molar-refractivity contribution in [3.8, 4) is 0 Å². The summed E-state index contributed by atoms with van der Waals surface area (Å²) < 4.78 is 0. The summed E-state index contributed by atoms with van der Waals surface area (Å²) >= 11 is 0. The first kappa shape index (κ1) is 14.8. The van der Waals surface area contributed by atoms with Crippen LogP contribution in [-0.2, 0) is 9.59 Å². The number of benzene rings is 1. The van der Waals surface area contributed by atoms with Gasteiger partial charge in [0, 0.05) is 5.56 Å². The van der Waals surface area contributed by atoms with Crippen LogP contribution in [-0.4, -0.2) is 49.9 Å². The molecule has 0 amide bonds. The fraction of sp³-hybridized carbons (Fsp3) is 0.250. The molecule has 7 heteroatoms. The van der Waals surface area contributed by atoms with Gasteiger partial charge in [-0.15, -0.1) is 0 Å². The van der Waals surface area contributed by atoms with Crippen molar-refractivity contribution in [1.82, 2.24) is 0 Å². The first-order valence-electron chi connectivity index (χ1n) is 5.19. The van der Waals surface area contributed by atoms with E-state index in [1.165, 1.54) is 18.2 Å². The van der Waals surface area contributed by atoms with Gasteiger partial charge in [-0.25, -0.2) is 9.59 Å². The third-order valence-corrected chi connectivity index (χ3v) is 2.58. The number of Topliss-reactive ketones (excluding diaryl/α,β-unsaturated/α-hetero) is 1. The van der Waals surface area contributed by atoms with Gasteiger partial charge < -0.3 is 20.4 Å². The highest BCUT2D eigenvalue weighted by molar-refractivity contribution is 6.17. The van der Waals surface area contributed by atoms with Gasteiger partial charge in [-0.3, -0.25) is 4.79 Å². The molecule has 0 bridgehead atoms. The summed E-state index contributed by atoms with van der Waals surface area (Å²) in [6, 6.07) is 5.57. The minimum Gasteiger partial charge on any atom is -0.479 e. The standard InChI is InChI=1S/C12H12O7/c1-6-3-2-4-7(5-6)8(13)12(19,11(17)18)9(14)10(15)16/h2-5,9,14,19H,1H3,(H,15,16)(H,17,18)/t9-,12+/m0/s1. The highest BCUT2D eigenvalue weighted by Crippen LogP contribution is 2.20. The van der Waals surface area contributed by atoms with E-state index in [2.05, 4.69) is 0 Å². The van der Waals surface area contributed by atoms with Gasteiger partial charge in [0.1, 0.15) is 0 Å². The molecule has 102 valence electrons. The molecule has 1 aromatic carbocycles. The highest BCUT2D eigenvalue weighted by atomic mass is 16.4. The second-order valence-electron chi connectivity index (χ2n) is 4.01. The van der Waals surface area contributed by atoms with E-state index < -0.39 is 29.4 Å². The second kappa shape index (κ2) is 5.17. The van der Waals surface area contributed by atoms with Crippen molar-refractivity contribution in [2.75, 3.05) is 0 Å². The highest BCUT2D eigenvalue weighted by Gasteiger charge is 2.54. The molecule has 0 aliphatic rings. The van der Waals surface area contributed by atoms with Gasteiger partial charge in [-0.05, 0) is 13.0 Å². The topological polar surface area (TPSA) is 132 Å². The van der Waals surface area contributed by atoms with E-state index in [1.807, 2.05) is 0 Å². The number of aliphatic hydroxyl groups excluding tert-OH is 1. The van der Waals surface area contributed by atoms with Crippen LogP contribution in [0.2, 0.25) is 0 Å². The van der Waals surface area contributed by atoms with Crippen molar-refractivity contribution in [1.29, 1.82) is 0 Å². The van der Waals surface area contributed by atoms with Crippen LogP contribution in [0.25, 0.3) is 0 Å². The van der Waals surface area contributed by atoms with Gasteiger partial charge in [-0.2, -0.15) is 0 Å². The van der Waals surface area contributed by atoms with E-state index in [4.69, 9.17) is 10.2 Å². The number of hydrogen-bond donors (Lipinski definition) is 4. The molecule has 4 N–H and O–H groups in total. The monoisotopic (exact) mass is 268 g/mol. The fourth-order valence-corrected chi connectivity index (χ4v) is 1.52. The average Bonchev–Trinajstić information content (AvgIpc) is 2.35. The minimum absolute atomic E-state index is 0.204. The van der Waals surface area contributed by atoms with Gasteiger partial charge in [0.2, 0.25) is 5.78 Å². The summed E-state index contributed by atoms with van der Waals surface area (Å²) in [5.41, 5.74) is -3.02. The summed E-state index contributed by atoms with van der Waals surface area (Å²) in [5.74, 6) is -5.53. The summed E-state index contributed by atoms with van der Waals surface area (Å²) in [7, 11) is 0. The molecule has 0 fully saturated rings. The molecular formula is C12H12O7. The van der Waals surface area contributed by atoms with E-state index >= 15 is 0 Å². The van der Waals surface area contributed by atoms with E-state index in [0.29, 0.717) is 5.56 Å². The van der Waals surface area contributed by atoms with Crippen molar-refractivity contribution in [3.63, 3.8) is 0 Å². The van der Waals surface area contributed by atoms with Crippen LogP contribution in [0, 0.1) is 6.92 Å². The Morgan fingerprint density at radius 1 is 1.21 bits per heavy atom. The van der Waals surface area contributed by atoms with Crippen LogP contribution >= 0.6 is 0 Å². The Bertz CT molecular complexity index is 537. The van der Waals surface area contributed by atoms with Gasteiger partial charge in [0.25, 0.3) is 5.60 Å². The van der Waals surface area contributed by atoms with Gasteiger partial charge in [-0.1, -0.05) is 23.8 Å². The predicted octanol–water partition coefficient (Wildman–Crippen LogP) is -0.561. The van der Waals surface area contributed by atoms with Crippen molar-refractivity contribution in [2.24, 2.45) is 0 Å². The zero-order chi connectivity index (χ0) is 14.8. The quantitative estimate of drug-likeness (QED) is 0.415. The Balaban J connectivity index is 3.31. The number of carboxylic acid groups (broad SMARTS) is 2. The lowest BCUT2D eigenvalue weighted by atomic mass is 9.87. The van der Waals surface area contributed by atoms with Crippen molar-refractivity contribution < 1.29 is 34.8 Å². The lowest BCUT2D eigenvalue weighted by Gasteiger charge is -2.24. The molecule has 0 unspecified atom stereocenters. The number of aliphatic hydroxyl groups is 2. The Morgan fingerprint density at radius 3 is 2.21 bits per heavy atom. The van der Waals surface area contributed by atoms with Crippen LogP contribution < -0.4 is 0 Å². The second-order valence-corrected chi connectivity index (χ2v) is 4.01. The SMILES string of the molecule is Cc1cccc(C(=O)[C@](O)(C(=O)O)[C@@H](O)C(=O)O)c1. The summed E-state index contributed by atoms with van der Waals surface area (Å²) in [5, 5.41) is 36.5. The maximum atomic E-state index is 12.0. The molecular weight excluding hydrogens is 256 g/mol. The average molecular weight is 268 g/mol. The molecule has 0 heterocycles. The largest absolute Gasteiger partial charge is 0.479 e. The Morgan fingerprint density at radius 2 is 1.79 bits per heavy atom. The number of carbonyl (C=O) groups is 3. The van der Waals surface area contributed by atoms with E-state index in [-0.39, 0.29) is 5.56 Å². The number of aliphatic carboxylic acids is 2. The van der Waals surface area contributed by atoms with Gasteiger partial charge in [0.15, 0.2) is 6.10 Å². The molecule has 1 rings (SSSR count). The predicted molar refractivity (Wildman–Crippen MR) is 61.7 cm³/mol. The maximum Gasteiger partial charge on any atom is 0.347 e. The number of carbonyl (C=O) groups excluding carboxylic acids is 1. The van der Waals surface area contributed by atoms with E-state index in [1.54, 1.807) is 13.0 Å². The molecule has 2 atom stereocenters. The van der Waals surface area contributed by atoms with Crippen LogP contribution in [0.4, 0.5) is 0 Å². The normalized spacial score (nSPS) is 15.3. The zero-order valence-corrected chi connectivity index (χ0v) is 9.90. The van der Waals surface area contributed by atoms with Crippen LogP contribution in [0.3, 0.4) is 0 Å². The lowest BCUT2D eigenvalue weighted by Crippen LogP contribution is -2.58. The zero-order valence-electron chi connectivity index (χ0n) is 9.90. The third-order valence-electron chi connectivity index (χ3n) is 2.58. The molecule has 0 aliphatic heterocycles. The minimum atomic E-state index is -3.43. The van der Waals surface area contributed by atoms with Gasteiger partial charge in [0.05, 0.1) is 0 Å². The molecule has 0 radical (unpaired) electrons. The third kappa shape index (κ3) is 2.61.